The van der Waals surface area contributed by atoms with Crippen LogP contribution in [0.4, 0.5) is 0 Å². The lowest BCUT2D eigenvalue weighted by Crippen LogP contribution is -2.11. The standard InChI is InChI=1S/C11H15N3O/c1-13-7-3-2-4-10-6-5-9(8-14-10)11(12)15/h2,4-6,8,13H,3,7H2,1H3,(H2,12,15). The summed E-state index contributed by atoms with van der Waals surface area (Å²) in [7, 11) is 1.91. The predicted octanol–water partition coefficient (Wildman–Crippen LogP) is 0.803. The normalized spacial score (nSPS) is 10.7. The average Bonchev–Trinajstić information content (AvgIpc) is 2.25. The van der Waals surface area contributed by atoms with Gasteiger partial charge in [0.05, 0.1) is 11.3 Å². The number of hydrogen-bond donors (Lipinski definition) is 2. The minimum absolute atomic E-state index is 0.433. The summed E-state index contributed by atoms with van der Waals surface area (Å²) < 4.78 is 0. The van der Waals surface area contributed by atoms with Crippen molar-refractivity contribution in [2.24, 2.45) is 5.73 Å². The number of hydrogen-bond acceptors (Lipinski definition) is 3. The molecule has 0 saturated carbocycles. The van der Waals surface area contributed by atoms with Crippen molar-refractivity contribution < 1.29 is 4.79 Å². The van der Waals surface area contributed by atoms with Gasteiger partial charge in [-0.15, -0.1) is 0 Å². The van der Waals surface area contributed by atoms with E-state index in [9.17, 15) is 4.79 Å². The third kappa shape index (κ3) is 3.91. The highest BCUT2D eigenvalue weighted by Crippen LogP contribution is 2.01. The van der Waals surface area contributed by atoms with Crippen molar-refractivity contribution in [1.29, 1.82) is 0 Å². The third-order valence-corrected chi connectivity index (χ3v) is 1.92. The van der Waals surface area contributed by atoms with E-state index in [-0.39, 0.29) is 0 Å². The molecule has 15 heavy (non-hydrogen) atoms. The Kier molecular flexibility index (Phi) is 4.50. The zero-order valence-electron chi connectivity index (χ0n) is 8.73. The molecule has 1 heterocycles. The summed E-state index contributed by atoms with van der Waals surface area (Å²) in [5.41, 5.74) is 6.36. The largest absolute Gasteiger partial charge is 0.366 e. The Morgan fingerprint density at radius 3 is 2.93 bits per heavy atom. The van der Waals surface area contributed by atoms with Crippen molar-refractivity contribution in [2.75, 3.05) is 13.6 Å². The molecule has 80 valence electrons. The molecule has 0 atom stereocenters. The molecule has 0 fully saturated rings. The summed E-state index contributed by atoms with van der Waals surface area (Å²) in [5, 5.41) is 3.05. The van der Waals surface area contributed by atoms with Crippen molar-refractivity contribution in [3.63, 3.8) is 0 Å². The summed E-state index contributed by atoms with van der Waals surface area (Å²) in [5.74, 6) is -0.451. The van der Waals surface area contributed by atoms with Crippen molar-refractivity contribution >= 4 is 12.0 Å². The van der Waals surface area contributed by atoms with Crippen LogP contribution in [-0.2, 0) is 0 Å². The van der Waals surface area contributed by atoms with E-state index in [1.165, 1.54) is 6.20 Å². The van der Waals surface area contributed by atoms with Crippen LogP contribution in [0.5, 0.6) is 0 Å². The molecule has 0 aliphatic rings. The minimum atomic E-state index is -0.451. The monoisotopic (exact) mass is 205 g/mol. The molecular weight excluding hydrogens is 190 g/mol. The molecule has 1 aromatic rings. The third-order valence-electron chi connectivity index (χ3n) is 1.92. The van der Waals surface area contributed by atoms with Crippen LogP contribution < -0.4 is 11.1 Å². The lowest BCUT2D eigenvalue weighted by atomic mass is 10.2. The topological polar surface area (TPSA) is 68.0 Å². The molecule has 0 radical (unpaired) electrons. The SMILES string of the molecule is CNCCC=Cc1ccc(C(N)=O)cn1. The molecule has 4 nitrogen and oxygen atoms in total. The van der Waals surface area contributed by atoms with Crippen molar-refractivity contribution in [3.8, 4) is 0 Å². The Labute approximate surface area is 89.2 Å². The zero-order valence-corrected chi connectivity index (χ0v) is 8.73. The smallest absolute Gasteiger partial charge is 0.250 e. The molecule has 0 aliphatic heterocycles. The maximum absolute atomic E-state index is 10.8. The highest BCUT2D eigenvalue weighted by molar-refractivity contribution is 5.92. The van der Waals surface area contributed by atoms with Crippen LogP contribution in [0.2, 0.25) is 0 Å². The average molecular weight is 205 g/mol. The van der Waals surface area contributed by atoms with E-state index in [4.69, 9.17) is 5.73 Å². The fourth-order valence-corrected chi connectivity index (χ4v) is 1.08. The van der Waals surface area contributed by atoms with Gasteiger partial charge in [0.25, 0.3) is 0 Å². The Bertz CT molecular complexity index is 343. The molecular formula is C11H15N3O. The summed E-state index contributed by atoms with van der Waals surface area (Å²) in [6.07, 6.45) is 6.39. The van der Waals surface area contributed by atoms with E-state index in [1.54, 1.807) is 12.1 Å². The van der Waals surface area contributed by atoms with Crippen LogP contribution in [0.1, 0.15) is 22.5 Å². The summed E-state index contributed by atoms with van der Waals surface area (Å²) in [6, 6.07) is 3.45. The number of carbonyl (C=O) groups excluding carboxylic acids is 1. The number of nitrogens with two attached hydrogens (primary N) is 1. The van der Waals surface area contributed by atoms with Gasteiger partial charge in [0.1, 0.15) is 0 Å². The summed E-state index contributed by atoms with van der Waals surface area (Å²) >= 11 is 0. The lowest BCUT2D eigenvalue weighted by molar-refractivity contribution is 0.1000. The first-order valence-electron chi connectivity index (χ1n) is 4.81. The Morgan fingerprint density at radius 2 is 2.40 bits per heavy atom. The van der Waals surface area contributed by atoms with Gasteiger partial charge in [0.15, 0.2) is 0 Å². The van der Waals surface area contributed by atoms with E-state index in [0.717, 1.165) is 18.7 Å². The van der Waals surface area contributed by atoms with Crippen LogP contribution >= 0.6 is 0 Å². The molecule has 0 bridgehead atoms. The molecule has 0 aromatic carbocycles. The van der Waals surface area contributed by atoms with Crippen LogP contribution in [0.25, 0.3) is 6.08 Å². The predicted molar refractivity (Wildman–Crippen MR) is 60.3 cm³/mol. The highest BCUT2D eigenvalue weighted by atomic mass is 16.1. The second kappa shape index (κ2) is 5.93. The Hall–Kier alpha value is -1.68. The number of nitrogens with zero attached hydrogens (tertiary/aromatic N) is 1. The second-order valence-electron chi connectivity index (χ2n) is 3.13. The molecule has 1 amide bonds. The fraction of sp³-hybridized carbons (Fsp3) is 0.273. The number of primary amides is 1. The van der Waals surface area contributed by atoms with Crippen molar-refractivity contribution in [3.05, 3.63) is 35.7 Å². The van der Waals surface area contributed by atoms with Gasteiger partial charge in [0, 0.05) is 6.20 Å². The van der Waals surface area contributed by atoms with Gasteiger partial charge >= 0.3 is 0 Å². The summed E-state index contributed by atoms with van der Waals surface area (Å²) in [6.45, 7) is 0.940. The van der Waals surface area contributed by atoms with Gasteiger partial charge in [-0.1, -0.05) is 6.08 Å². The first kappa shape index (κ1) is 11.4. The number of aromatic nitrogens is 1. The van der Waals surface area contributed by atoms with Crippen molar-refractivity contribution in [2.45, 2.75) is 6.42 Å². The highest BCUT2D eigenvalue weighted by Gasteiger charge is 1.98. The number of nitrogens with one attached hydrogen (secondary N) is 1. The van der Waals surface area contributed by atoms with E-state index < -0.39 is 5.91 Å². The van der Waals surface area contributed by atoms with Gasteiger partial charge in [-0.25, -0.2) is 0 Å². The maximum Gasteiger partial charge on any atom is 0.250 e. The van der Waals surface area contributed by atoms with Gasteiger partial charge in [-0.05, 0) is 38.2 Å². The summed E-state index contributed by atoms with van der Waals surface area (Å²) in [4.78, 5) is 14.9. The van der Waals surface area contributed by atoms with Crippen LogP contribution in [-0.4, -0.2) is 24.5 Å². The quantitative estimate of drug-likeness (QED) is 0.699. The molecule has 0 unspecified atom stereocenters. The molecule has 1 rings (SSSR count). The molecule has 0 saturated heterocycles. The van der Waals surface area contributed by atoms with Crippen molar-refractivity contribution in [1.82, 2.24) is 10.3 Å². The maximum atomic E-state index is 10.8. The molecule has 0 spiro atoms. The Balaban J connectivity index is 2.56. The first-order chi connectivity index (χ1) is 7.24. The fourth-order valence-electron chi connectivity index (χ4n) is 1.08. The molecule has 3 N–H and O–H groups in total. The van der Waals surface area contributed by atoms with E-state index in [1.807, 2.05) is 19.2 Å². The number of amides is 1. The van der Waals surface area contributed by atoms with Crippen LogP contribution in [0.3, 0.4) is 0 Å². The van der Waals surface area contributed by atoms with Gasteiger partial charge in [0.2, 0.25) is 5.91 Å². The Morgan fingerprint density at radius 1 is 1.60 bits per heavy atom. The molecule has 0 aliphatic carbocycles. The van der Waals surface area contributed by atoms with Gasteiger partial charge in [-0.3, -0.25) is 9.78 Å². The number of carbonyl (C=O) groups is 1. The van der Waals surface area contributed by atoms with E-state index in [2.05, 4.69) is 10.3 Å². The molecule has 1 aromatic heterocycles. The minimum Gasteiger partial charge on any atom is -0.366 e. The van der Waals surface area contributed by atoms with Gasteiger partial charge in [-0.2, -0.15) is 0 Å². The second-order valence-corrected chi connectivity index (χ2v) is 3.13. The van der Waals surface area contributed by atoms with Crippen LogP contribution in [0, 0.1) is 0 Å². The van der Waals surface area contributed by atoms with E-state index >= 15 is 0 Å². The van der Waals surface area contributed by atoms with Crippen LogP contribution in [0.15, 0.2) is 24.4 Å². The lowest BCUT2D eigenvalue weighted by Gasteiger charge is -1.96. The number of rotatable bonds is 5. The van der Waals surface area contributed by atoms with E-state index in [0.29, 0.717) is 5.56 Å². The number of pyridine rings is 1. The first-order valence-corrected chi connectivity index (χ1v) is 4.81. The molecule has 4 heteroatoms. The zero-order chi connectivity index (χ0) is 11.1. The van der Waals surface area contributed by atoms with Gasteiger partial charge < -0.3 is 11.1 Å².